The van der Waals surface area contributed by atoms with Gasteiger partial charge in [0.15, 0.2) is 0 Å². The Bertz CT molecular complexity index is 338. The van der Waals surface area contributed by atoms with Crippen molar-refractivity contribution in [3.8, 4) is 0 Å². The molecule has 88 valence electrons. The van der Waals surface area contributed by atoms with Gasteiger partial charge in [0, 0.05) is 44.2 Å². The number of nitrogens with zero attached hydrogens (tertiary/aromatic N) is 2. The summed E-state index contributed by atoms with van der Waals surface area (Å²) in [6.07, 6.45) is 0. The largest absolute Gasteiger partial charge is 0.369 e. The minimum absolute atomic E-state index is 0.157. The van der Waals surface area contributed by atoms with E-state index in [4.69, 9.17) is 0 Å². The van der Waals surface area contributed by atoms with Crippen molar-refractivity contribution in [1.29, 1.82) is 0 Å². The minimum Gasteiger partial charge on any atom is -0.369 e. The zero-order valence-electron chi connectivity index (χ0n) is 9.27. The van der Waals surface area contributed by atoms with Crippen LogP contribution in [0, 0.1) is 5.82 Å². The molecule has 2 rings (SSSR count). The Morgan fingerprint density at radius 3 is 2.56 bits per heavy atom. The molecule has 0 amide bonds. The lowest BCUT2D eigenvalue weighted by Gasteiger charge is -2.35. The van der Waals surface area contributed by atoms with E-state index in [1.165, 1.54) is 6.07 Å². The van der Waals surface area contributed by atoms with Gasteiger partial charge in [-0.3, -0.25) is 4.90 Å². The van der Waals surface area contributed by atoms with Crippen molar-refractivity contribution in [3.63, 3.8) is 0 Å². The number of thiol groups is 1. The van der Waals surface area contributed by atoms with Gasteiger partial charge in [0.2, 0.25) is 0 Å². The van der Waals surface area contributed by atoms with Gasteiger partial charge in [-0.1, -0.05) is 6.07 Å². The zero-order chi connectivity index (χ0) is 11.4. The van der Waals surface area contributed by atoms with Crippen molar-refractivity contribution in [2.45, 2.75) is 0 Å². The molecule has 4 heteroatoms. The summed E-state index contributed by atoms with van der Waals surface area (Å²) in [7, 11) is 0. The average Bonchev–Trinajstić information content (AvgIpc) is 2.30. The van der Waals surface area contributed by atoms with Crippen LogP contribution < -0.4 is 4.90 Å². The molecule has 1 heterocycles. The fourth-order valence-corrected chi connectivity index (χ4v) is 2.33. The number of piperazine rings is 1. The summed E-state index contributed by atoms with van der Waals surface area (Å²) in [5, 5.41) is 0. The molecule has 0 saturated carbocycles. The first-order chi connectivity index (χ1) is 7.79. The molecule has 0 unspecified atom stereocenters. The van der Waals surface area contributed by atoms with Crippen molar-refractivity contribution in [2.24, 2.45) is 0 Å². The fraction of sp³-hybridized carbons (Fsp3) is 0.500. The van der Waals surface area contributed by atoms with E-state index in [0.29, 0.717) is 0 Å². The van der Waals surface area contributed by atoms with Crippen molar-refractivity contribution in [1.82, 2.24) is 4.90 Å². The molecule has 0 aromatic heterocycles. The Balaban J connectivity index is 1.94. The van der Waals surface area contributed by atoms with Crippen LogP contribution in [0.5, 0.6) is 0 Å². The molecule has 2 nitrogen and oxygen atoms in total. The number of hydrogen-bond donors (Lipinski definition) is 1. The third kappa shape index (κ3) is 2.89. The van der Waals surface area contributed by atoms with Gasteiger partial charge in [-0.15, -0.1) is 0 Å². The normalized spacial score (nSPS) is 17.8. The highest BCUT2D eigenvalue weighted by atomic mass is 32.1. The van der Waals surface area contributed by atoms with Gasteiger partial charge < -0.3 is 4.90 Å². The second-order valence-electron chi connectivity index (χ2n) is 4.03. The molecule has 1 aliphatic heterocycles. The number of rotatable bonds is 3. The lowest BCUT2D eigenvalue weighted by Crippen LogP contribution is -2.46. The van der Waals surface area contributed by atoms with Gasteiger partial charge in [0.1, 0.15) is 5.82 Å². The fourth-order valence-electron chi connectivity index (χ4n) is 2.04. The predicted molar refractivity (Wildman–Crippen MR) is 68.9 cm³/mol. The molecule has 1 aromatic carbocycles. The second-order valence-corrected chi connectivity index (χ2v) is 4.48. The molecule has 0 aliphatic carbocycles. The molecule has 0 atom stereocenters. The molecule has 0 spiro atoms. The van der Waals surface area contributed by atoms with E-state index >= 15 is 0 Å². The monoisotopic (exact) mass is 240 g/mol. The molecule has 1 saturated heterocycles. The summed E-state index contributed by atoms with van der Waals surface area (Å²) in [5.74, 6) is 0.746. The smallest absolute Gasteiger partial charge is 0.125 e. The van der Waals surface area contributed by atoms with E-state index in [-0.39, 0.29) is 5.82 Å². The number of anilines is 1. The van der Waals surface area contributed by atoms with Crippen LogP contribution in [0.15, 0.2) is 24.3 Å². The second kappa shape index (κ2) is 5.55. The first-order valence-corrected chi connectivity index (χ1v) is 6.26. The maximum absolute atomic E-state index is 13.1. The molecule has 0 N–H and O–H groups in total. The topological polar surface area (TPSA) is 6.48 Å². The van der Waals surface area contributed by atoms with Crippen LogP contribution in [0.25, 0.3) is 0 Å². The van der Waals surface area contributed by atoms with Crippen LogP contribution >= 0.6 is 12.6 Å². The van der Waals surface area contributed by atoms with Crippen LogP contribution in [-0.4, -0.2) is 43.4 Å². The number of halogens is 1. The minimum atomic E-state index is -0.157. The molecule has 1 fully saturated rings. The SMILES string of the molecule is Fc1cccc(N2CCN(CCS)CC2)c1. The Morgan fingerprint density at radius 1 is 1.19 bits per heavy atom. The Hall–Kier alpha value is -0.740. The van der Waals surface area contributed by atoms with Crippen molar-refractivity contribution < 1.29 is 4.39 Å². The van der Waals surface area contributed by atoms with Crippen LogP contribution in [0.4, 0.5) is 10.1 Å². The summed E-state index contributed by atoms with van der Waals surface area (Å²) in [5.41, 5.74) is 0.991. The summed E-state index contributed by atoms with van der Waals surface area (Å²) in [6.45, 7) is 5.06. The summed E-state index contributed by atoms with van der Waals surface area (Å²) < 4.78 is 13.1. The summed E-state index contributed by atoms with van der Waals surface area (Å²) >= 11 is 4.23. The van der Waals surface area contributed by atoms with E-state index < -0.39 is 0 Å². The van der Waals surface area contributed by atoms with Gasteiger partial charge in [-0.2, -0.15) is 12.6 Å². The molecular formula is C12H17FN2S. The Morgan fingerprint density at radius 2 is 1.94 bits per heavy atom. The van der Waals surface area contributed by atoms with E-state index in [1.807, 2.05) is 6.07 Å². The van der Waals surface area contributed by atoms with Crippen molar-refractivity contribution >= 4 is 18.3 Å². The zero-order valence-corrected chi connectivity index (χ0v) is 10.2. The van der Waals surface area contributed by atoms with E-state index in [1.54, 1.807) is 12.1 Å². The summed E-state index contributed by atoms with van der Waals surface area (Å²) in [4.78, 5) is 4.63. The van der Waals surface area contributed by atoms with Crippen LogP contribution in [-0.2, 0) is 0 Å². The number of benzene rings is 1. The van der Waals surface area contributed by atoms with E-state index in [2.05, 4.69) is 22.4 Å². The maximum atomic E-state index is 13.1. The van der Waals surface area contributed by atoms with Gasteiger partial charge in [-0.25, -0.2) is 4.39 Å². The third-order valence-corrected chi connectivity index (χ3v) is 3.16. The highest BCUT2D eigenvalue weighted by Gasteiger charge is 2.16. The lowest BCUT2D eigenvalue weighted by atomic mass is 10.2. The maximum Gasteiger partial charge on any atom is 0.125 e. The van der Waals surface area contributed by atoms with Crippen molar-refractivity contribution in [3.05, 3.63) is 30.1 Å². The first-order valence-electron chi connectivity index (χ1n) is 5.63. The number of hydrogen-bond acceptors (Lipinski definition) is 3. The quantitative estimate of drug-likeness (QED) is 0.806. The van der Waals surface area contributed by atoms with Crippen LogP contribution in [0.2, 0.25) is 0 Å². The van der Waals surface area contributed by atoms with E-state index in [9.17, 15) is 4.39 Å². The predicted octanol–water partition coefficient (Wildman–Crippen LogP) is 1.88. The Kier molecular flexibility index (Phi) is 4.07. The van der Waals surface area contributed by atoms with Crippen LogP contribution in [0.3, 0.4) is 0 Å². The Labute approximate surface area is 101 Å². The van der Waals surface area contributed by atoms with E-state index in [0.717, 1.165) is 44.2 Å². The van der Waals surface area contributed by atoms with Gasteiger partial charge in [0.05, 0.1) is 0 Å². The standard InChI is InChI=1S/C12H17FN2S/c13-11-2-1-3-12(10-11)15-6-4-14(5-7-15)8-9-16/h1-3,10,16H,4-9H2. The molecular weight excluding hydrogens is 223 g/mol. The first kappa shape index (κ1) is 11.7. The third-order valence-electron chi connectivity index (χ3n) is 2.96. The molecule has 1 aliphatic rings. The highest BCUT2D eigenvalue weighted by molar-refractivity contribution is 7.80. The van der Waals surface area contributed by atoms with Crippen LogP contribution in [0.1, 0.15) is 0 Å². The molecule has 1 aromatic rings. The average molecular weight is 240 g/mol. The van der Waals surface area contributed by atoms with Gasteiger partial charge in [-0.05, 0) is 18.2 Å². The van der Waals surface area contributed by atoms with Gasteiger partial charge >= 0.3 is 0 Å². The van der Waals surface area contributed by atoms with Crippen molar-refractivity contribution in [2.75, 3.05) is 43.4 Å². The molecule has 0 bridgehead atoms. The van der Waals surface area contributed by atoms with Gasteiger partial charge in [0.25, 0.3) is 0 Å². The molecule has 16 heavy (non-hydrogen) atoms. The molecule has 0 radical (unpaired) electrons. The lowest BCUT2D eigenvalue weighted by molar-refractivity contribution is 0.273. The highest BCUT2D eigenvalue weighted by Crippen LogP contribution is 2.17. The summed E-state index contributed by atoms with van der Waals surface area (Å²) in [6, 6.07) is 6.83.